The Kier molecular flexibility index (Phi) is 3.41. The number of nitrogens with one attached hydrogen (secondary N) is 1. The van der Waals surface area contributed by atoms with Crippen LogP contribution in [0.4, 0.5) is 0 Å². The molecule has 100 valence electrons. The van der Waals surface area contributed by atoms with Crippen LogP contribution in [0.15, 0.2) is 24.3 Å². The zero-order chi connectivity index (χ0) is 13.4. The van der Waals surface area contributed by atoms with Crippen LogP contribution in [0.1, 0.15) is 46.6 Å². The summed E-state index contributed by atoms with van der Waals surface area (Å²) in [6.07, 6.45) is 1.36. The second-order valence-corrected chi connectivity index (χ2v) is 6.98. The van der Waals surface area contributed by atoms with E-state index in [9.17, 15) is 0 Å². The Morgan fingerprint density at radius 3 is 2.22 bits per heavy atom. The minimum atomic E-state index is 0.204. The lowest BCUT2D eigenvalue weighted by atomic mass is 9.87. The Labute approximate surface area is 111 Å². The first-order valence-electron chi connectivity index (χ1n) is 6.78. The van der Waals surface area contributed by atoms with Crippen LogP contribution in [0.25, 0.3) is 0 Å². The monoisotopic (exact) mass is 247 g/mol. The molecular formula is C16H25NO. The van der Waals surface area contributed by atoms with Gasteiger partial charge in [-0.2, -0.15) is 0 Å². The number of hydrogen-bond acceptors (Lipinski definition) is 2. The van der Waals surface area contributed by atoms with Gasteiger partial charge in [-0.3, -0.25) is 0 Å². The van der Waals surface area contributed by atoms with Gasteiger partial charge in [0.25, 0.3) is 0 Å². The second-order valence-electron chi connectivity index (χ2n) is 6.98. The van der Waals surface area contributed by atoms with Crippen LogP contribution >= 0.6 is 0 Å². The Bertz CT molecular complexity index is 400. The SMILES string of the molecule is CC1(C)CC(Oc2ccc(C(C)(C)C)cc2)CN1. The second kappa shape index (κ2) is 4.58. The normalized spacial score (nSPS) is 23.1. The highest BCUT2D eigenvalue weighted by atomic mass is 16.5. The predicted molar refractivity (Wildman–Crippen MR) is 76.3 cm³/mol. The van der Waals surface area contributed by atoms with E-state index in [-0.39, 0.29) is 11.0 Å². The summed E-state index contributed by atoms with van der Waals surface area (Å²) in [4.78, 5) is 0. The van der Waals surface area contributed by atoms with Gasteiger partial charge in [-0.1, -0.05) is 32.9 Å². The summed E-state index contributed by atoms with van der Waals surface area (Å²) < 4.78 is 6.02. The highest BCUT2D eigenvalue weighted by molar-refractivity contribution is 5.31. The molecule has 1 aromatic rings. The minimum Gasteiger partial charge on any atom is -0.489 e. The van der Waals surface area contributed by atoms with Crippen molar-refractivity contribution in [1.82, 2.24) is 5.32 Å². The molecule has 0 amide bonds. The maximum atomic E-state index is 6.02. The lowest BCUT2D eigenvalue weighted by molar-refractivity contribution is 0.214. The van der Waals surface area contributed by atoms with Crippen molar-refractivity contribution in [3.63, 3.8) is 0 Å². The van der Waals surface area contributed by atoms with E-state index >= 15 is 0 Å². The molecule has 2 rings (SSSR count). The molecule has 1 fully saturated rings. The molecule has 1 N–H and O–H groups in total. The largest absolute Gasteiger partial charge is 0.489 e. The van der Waals surface area contributed by atoms with Crippen LogP contribution in [0.3, 0.4) is 0 Å². The molecule has 0 aromatic heterocycles. The fourth-order valence-electron chi connectivity index (χ4n) is 2.41. The van der Waals surface area contributed by atoms with Crippen LogP contribution in [0.5, 0.6) is 5.75 Å². The van der Waals surface area contributed by atoms with E-state index in [1.807, 2.05) is 0 Å². The highest BCUT2D eigenvalue weighted by Gasteiger charge is 2.31. The van der Waals surface area contributed by atoms with E-state index < -0.39 is 0 Å². The van der Waals surface area contributed by atoms with Crippen LogP contribution in [-0.2, 0) is 5.41 Å². The summed E-state index contributed by atoms with van der Waals surface area (Å²) in [7, 11) is 0. The molecule has 1 aliphatic rings. The van der Waals surface area contributed by atoms with E-state index in [0.29, 0.717) is 6.10 Å². The van der Waals surface area contributed by atoms with Gasteiger partial charge in [0.15, 0.2) is 0 Å². The zero-order valence-corrected chi connectivity index (χ0v) is 12.2. The highest BCUT2D eigenvalue weighted by Crippen LogP contribution is 2.26. The fraction of sp³-hybridized carbons (Fsp3) is 0.625. The van der Waals surface area contributed by atoms with Gasteiger partial charge < -0.3 is 10.1 Å². The van der Waals surface area contributed by atoms with Gasteiger partial charge in [-0.15, -0.1) is 0 Å². The average molecular weight is 247 g/mol. The summed E-state index contributed by atoms with van der Waals surface area (Å²) in [6, 6.07) is 8.52. The number of rotatable bonds is 2. The van der Waals surface area contributed by atoms with Gasteiger partial charge in [0, 0.05) is 18.5 Å². The molecule has 0 bridgehead atoms. The smallest absolute Gasteiger partial charge is 0.119 e. The summed E-state index contributed by atoms with van der Waals surface area (Å²) in [5.41, 5.74) is 1.76. The van der Waals surface area contributed by atoms with Crippen LogP contribution in [0.2, 0.25) is 0 Å². The quantitative estimate of drug-likeness (QED) is 0.863. The predicted octanol–water partition coefficient (Wildman–Crippen LogP) is 3.50. The van der Waals surface area contributed by atoms with Crippen LogP contribution in [-0.4, -0.2) is 18.2 Å². The van der Waals surface area contributed by atoms with E-state index in [1.54, 1.807) is 0 Å². The molecule has 1 unspecified atom stereocenters. The number of benzene rings is 1. The van der Waals surface area contributed by atoms with Gasteiger partial charge >= 0.3 is 0 Å². The van der Waals surface area contributed by atoms with E-state index in [2.05, 4.69) is 64.2 Å². The molecule has 2 nitrogen and oxygen atoms in total. The zero-order valence-electron chi connectivity index (χ0n) is 12.2. The molecule has 1 aliphatic heterocycles. The molecule has 1 saturated heterocycles. The van der Waals surface area contributed by atoms with Crippen molar-refractivity contribution < 1.29 is 4.74 Å². The van der Waals surface area contributed by atoms with Gasteiger partial charge in [-0.05, 0) is 37.0 Å². The van der Waals surface area contributed by atoms with E-state index in [0.717, 1.165) is 18.7 Å². The molecule has 1 atom stereocenters. The molecule has 0 radical (unpaired) electrons. The van der Waals surface area contributed by atoms with Gasteiger partial charge in [0.2, 0.25) is 0 Å². The van der Waals surface area contributed by atoms with E-state index in [1.165, 1.54) is 5.56 Å². The van der Waals surface area contributed by atoms with Gasteiger partial charge in [-0.25, -0.2) is 0 Å². The van der Waals surface area contributed by atoms with Crippen molar-refractivity contribution in [1.29, 1.82) is 0 Å². The summed E-state index contributed by atoms with van der Waals surface area (Å²) in [5, 5.41) is 3.48. The molecule has 1 aromatic carbocycles. The van der Waals surface area contributed by atoms with Crippen molar-refractivity contribution in [2.75, 3.05) is 6.54 Å². The van der Waals surface area contributed by atoms with Crippen molar-refractivity contribution in [2.45, 2.75) is 58.1 Å². The summed E-state index contributed by atoms with van der Waals surface area (Å²) >= 11 is 0. The minimum absolute atomic E-state index is 0.204. The Morgan fingerprint density at radius 2 is 1.78 bits per heavy atom. The molecule has 18 heavy (non-hydrogen) atoms. The van der Waals surface area contributed by atoms with E-state index in [4.69, 9.17) is 4.74 Å². The third-order valence-electron chi connectivity index (χ3n) is 3.57. The molecular weight excluding hydrogens is 222 g/mol. The lowest BCUT2D eigenvalue weighted by Gasteiger charge is -2.20. The Balaban J connectivity index is 1.99. The van der Waals surface area contributed by atoms with Crippen LogP contribution in [0, 0.1) is 0 Å². The first-order valence-corrected chi connectivity index (χ1v) is 6.78. The summed E-state index contributed by atoms with van der Waals surface area (Å²) in [6.45, 7) is 12.1. The first kappa shape index (κ1) is 13.4. The van der Waals surface area contributed by atoms with Gasteiger partial charge in [0.1, 0.15) is 11.9 Å². The van der Waals surface area contributed by atoms with Crippen molar-refractivity contribution >= 4 is 0 Å². The van der Waals surface area contributed by atoms with Crippen molar-refractivity contribution in [2.24, 2.45) is 0 Å². The standard InChI is InChI=1S/C16H25NO/c1-15(2,3)12-6-8-13(9-7-12)18-14-10-16(4,5)17-11-14/h6-9,14,17H,10-11H2,1-5H3. The molecule has 0 saturated carbocycles. The van der Waals surface area contributed by atoms with Crippen molar-refractivity contribution in [3.8, 4) is 5.75 Å². The Morgan fingerprint density at radius 1 is 1.17 bits per heavy atom. The maximum Gasteiger partial charge on any atom is 0.119 e. The average Bonchev–Trinajstić information content (AvgIpc) is 2.57. The third kappa shape index (κ3) is 3.26. The third-order valence-corrected chi connectivity index (χ3v) is 3.57. The molecule has 2 heteroatoms. The van der Waals surface area contributed by atoms with Crippen molar-refractivity contribution in [3.05, 3.63) is 29.8 Å². The number of ether oxygens (including phenoxy) is 1. The van der Waals surface area contributed by atoms with Crippen LogP contribution < -0.4 is 10.1 Å². The molecule has 0 spiro atoms. The Hall–Kier alpha value is -1.02. The maximum absolute atomic E-state index is 6.02. The first-order chi connectivity index (χ1) is 8.26. The fourth-order valence-corrected chi connectivity index (χ4v) is 2.41. The molecule has 0 aliphatic carbocycles. The molecule has 1 heterocycles. The topological polar surface area (TPSA) is 21.3 Å². The lowest BCUT2D eigenvalue weighted by Crippen LogP contribution is -2.31. The van der Waals surface area contributed by atoms with Gasteiger partial charge in [0.05, 0.1) is 0 Å². The summed E-state index contributed by atoms with van der Waals surface area (Å²) in [5.74, 6) is 0.979. The number of hydrogen-bond donors (Lipinski definition) is 1.